The monoisotopic (exact) mass is 341 g/mol. The smallest absolute Gasteiger partial charge is 0.230 e. The lowest BCUT2D eigenvalue weighted by molar-refractivity contribution is -0.116. The molecule has 0 aliphatic rings. The van der Waals surface area contributed by atoms with Crippen molar-refractivity contribution >= 4 is 34.5 Å². The summed E-state index contributed by atoms with van der Waals surface area (Å²) in [5, 5.41) is 11.3. The van der Waals surface area contributed by atoms with Gasteiger partial charge in [0.1, 0.15) is 0 Å². The minimum absolute atomic E-state index is 0.110. The van der Waals surface area contributed by atoms with Crippen molar-refractivity contribution in [2.75, 3.05) is 10.6 Å². The molecule has 2 heterocycles. The predicted molar refractivity (Wildman–Crippen MR) is 92.9 cm³/mol. The summed E-state index contributed by atoms with van der Waals surface area (Å²) in [6, 6.07) is 12.6. The number of rotatable bonds is 5. The van der Waals surface area contributed by atoms with Crippen LogP contribution in [0.4, 0.5) is 11.4 Å². The van der Waals surface area contributed by atoms with Crippen molar-refractivity contribution in [3.8, 4) is 10.6 Å². The molecule has 0 spiro atoms. The Hall–Kier alpha value is -2.93. The number of hydrogen-bond acceptors (Lipinski definition) is 5. The van der Waals surface area contributed by atoms with Crippen LogP contribution in [0.25, 0.3) is 10.6 Å². The van der Waals surface area contributed by atoms with Crippen LogP contribution >= 0.6 is 11.3 Å². The Balaban J connectivity index is 1.62. The molecule has 0 unspecified atom stereocenters. The van der Waals surface area contributed by atoms with Crippen LogP contribution < -0.4 is 10.6 Å². The second-order valence-corrected chi connectivity index (χ2v) is 6.09. The standard InChI is InChI=1S/C17H15N3O3S/c1-11(21)18-12-4-2-5-13(8-12)19-17(22)10-14-9-15(23-20-14)16-6-3-7-24-16/h2-9H,10H2,1H3,(H,18,21)(H,19,22). The molecule has 0 radical (unpaired) electrons. The molecule has 0 atom stereocenters. The molecule has 122 valence electrons. The first kappa shape index (κ1) is 15.9. The summed E-state index contributed by atoms with van der Waals surface area (Å²) in [7, 11) is 0. The summed E-state index contributed by atoms with van der Waals surface area (Å²) in [5.41, 5.74) is 1.80. The molecule has 3 aromatic rings. The highest BCUT2D eigenvalue weighted by atomic mass is 32.1. The Labute approximate surface area is 142 Å². The lowest BCUT2D eigenvalue weighted by atomic mass is 10.2. The Morgan fingerprint density at radius 3 is 2.62 bits per heavy atom. The van der Waals surface area contributed by atoms with Crippen molar-refractivity contribution < 1.29 is 14.1 Å². The fourth-order valence-corrected chi connectivity index (χ4v) is 2.85. The number of benzene rings is 1. The Bertz CT molecular complexity index is 856. The van der Waals surface area contributed by atoms with Crippen LogP contribution in [0.1, 0.15) is 12.6 Å². The van der Waals surface area contributed by atoms with Crippen molar-refractivity contribution in [1.82, 2.24) is 5.16 Å². The molecule has 0 saturated carbocycles. The van der Waals surface area contributed by atoms with E-state index in [0.717, 1.165) is 4.88 Å². The molecule has 2 aromatic heterocycles. The van der Waals surface area contributed by atoms with Crippen molar-refractivity contribution in [2.45, 2.75) is 13.3 Å². The molecule has 2 amide bonds. The molecule has 6 nitrogen and oxygen atoms in total. The Morgan fingerprint density at radius 1 is 1.12 bits per heavy atom. The second kappa shape index (κ2) is 7.10. The average Bonchev–Trinajstić information content (AvgIpc) is 3.17. The Kier molecular flexibility index (Phi) is 4.72. The molecular weight excluding hydrogens is 326 g/mol. The molecule has 0 aliphatic carbocycles. The number of thiophene rings is 1. The van der Waals surface area contributed by atoms with Gasteiger partial charge in [0.15, 0.2) is 5.76 Å². The van der Waals surface area contributed by atoms with Gasteiger partial charge >= 0.3 is 0 Å². The van der Waals surface area contributed by atoms with Gasteiger partial charge in [-0.2, -0.15) is 0 Å². The van der Waals surface area contributed by atoms with Gasteiger partial charge in [-0.05, 0) is 29.6 Å². The fraction of sp³-hybridized carbons (Fsp3) is 0.118. The van der Waals surface area contributed by atoms with Crippen LogP contribution in [0.5, 0.6) is 0 Å². The molecule has 0 bridgehead atoms. The maximum Gasteiger partial charge on any atom is 0.230 e. The highest BCUT2D eigenvalue weighted by molar-refractivity contribution is 7.13. The van der Waals surface area contributed by atoms with E-state index in [2.05, 4.69) is 15.8 Å². The van der Waals surface area contributed by atoms with Gasteiger partial charge in [0.2, 0.25) is 11.8 Å². The van der Waals surface area contributed by atoms with Gasteiger partial charge in [0.05, 0.1) is 17.0 Å². The topological polar surface area (TPSA) is 84.2 Å². The fourth-order valence-electron chi connectivity index (χ4n) is 2.18. The maximum atomic E-state index is 12.1. The quantitative estimate of drug-likeness (QED) is 0.743. The molecule has 24 heavy (non-hydrogen) atoms. The van der Waals surface area contributed by atoms with E-state index in [1.165, 1.54) is 6.92 Å². The predicted octanol–water partition coefficient (Wildman–Crippen LogP) is 3.54. The number of nitrogens with zero attached hydrogens (tertiary/aromatic N) is 1. The summed E-state index contributed by atoms with van der Waals surface area (Å²) in [5.74, 6) is 0.281. The van der Waals surface area contributed by atoms with E-state index in [-0.39, 0.29) is 18.2 Å². The van der Waals surface area contributed by atoms with Crippen LogP contribution in [0.3, 0.4) is 0 Å². The zero-order valence-electron chi connectivity index (χ0n) is 12.9. The molecule has 0 fully saturated rings. The van der Waals surface area contributed by atoms with E-state index < -0.39 is 0 Å². The molecular formula is C17H15N3O3S. The number of nitrogens with one attached hydrogen (secondary N) is 2. The third kappa shape index (κ3) is 4.08. The van der Waals surface area contributed by atoms with Gasteiger partial charge in [0.25, 0.3) is 0 Å². The molecule has 0 aliphatic heterocycles. The van der Waals surface area contributed by atoms with Crippen LogP contribution in [-0.4, -0.2) is 17.0 Å². The third-order valence-electron chi connectivity index (χ3n) is 3.13. The summed E-state index contributed by atoms with van der Waals surface area (Å²) in [4.78, 5) is 24.2. The lowest BCUT2D eigenvalue weighted by Gasteiger charge is -2.07. The van der Waals surface area contributed by atoms with Crippen LogP contribution in [0.15, 0.2) is 52.4 Å². The second-order valence-electron chi connectivity index (χ2n) is 5.15. The van der Waals surface area contributed by atoms with Gasteiger partial charge in [-0.1, -0.05) is 17.3 Å². The van der Waals surface area contributed by atoms with Crippen LogP contribution in [0, 0.1) is 0 Å². The van der Waals surface area contributed by atoms with Gasteiger partial charge in [-0.3, -0.25) is 9.59 Å². The SMILES string of the molecule is CC(=O)Nc1cccc(NC(=O)Cc2cc(-c3cccs3)on2)c1. The van der Waals surface area contributed by atoms with Gasteiger partial charge in [-0.15, -0.1) is 11.3 Å². The van der Waals surface area contributed by atoms with Crippen LogP contribution in [-0.2, 0) is 16.0 Å². The van der Waals surface area contributed by atoms with Gasteiger partial charge in [0, 0.05) is 24.4 Å². The van der Waals surface area contributed by atoms with Crippen molar-refractivity contribution in [3.05, 3.63) is 53.5 Å². The normalized spacial score (nSPS) is 10.4. The number of carbonyl (C=O) groups excluding carboxylic acids is 2. The van der Waals surface area contributed by atoms with E-state index in [4.69, 9.17) is 4.52 Å². The van der Waals surface area contributed by atoms with Crippen molar-refractivity contribution in [1.29, 1.82) is 0 Å². The van der Waals surface area contributed by atoms with Gasteiger partial charge < -0.3 is 15.2 Å². The first-order valence-corrected chi connectivity index (χ1v) is 8.15. The number of hydrogen-bond donors (Lipinski definition) is 2. The molecule has 2 N–H and O–H groups in total. The zero-order valence-corrected chi connectivity index (χ0v) is 13.7. The first-order valence-electron chi connectivity index (χ1n) is 7.27. The molecule has 1 aromatic carbocycles. The number of amides is 2. The maximum absolute atomic E-state index is 12.1. The van der Waals surface area contributed by atoms with E-state index in [9.17, 15) is 9.59 Å². The third-order valence-corrected chi connectivity index (χ3v) is 4.02. The highest BCUT2D eigenvalue weighted by Crippen LogP contribution is 2.25. The van der Waals surface area contributed by atoms with Crippen molar-refractivity contribution in [2.24, 2.45) is 0 Å². The molecule has 0 saturated heterocycles. The van der Waals surface area contributed by atoms with E-state index in [1.807, 2.05) is 17.5 Å². The summed E-state index contributed by atoms with van der Waals surface area (Å²) in [6.45, 7) is 1.43. The van der Waals surface area contributed by atoms with Crippen molar-refractivity contribution in [3.63, 3.8) is 0 Å². The Morgan fingerprint density at radius 2 is 1.92 bits per heavy atom. The summed E-state index contributed by atoms with van der Waals surface area (Å²) in [6.07, 6.45) is 0.110. The molecule has 7 heteroatoms. The van der Waals surface area contributed by atoms with Gasteiger partial charge in [-0.25, -0.2) is 0 Å². The summed E-state index contributed by atoms with van der Waals surface area (Å²) < 4.78 is 5.26. The number of carbonyl (C=O) groups is 2. The minimum Gasteiger partial charge on any atom is -0.355 e. The highest BCUT2D eigenvalue weighted by Gasteiger charge is 2.11. The zero-order chi connectivity index (χ0) is 16.9. The van der Waals surface area contributed by atoms with Crippen LogP contribution in [0.2, 0.25) is 0 Å². The van der Waals surface area contributed by atoms with E-state index >= 15 is 0 Å². The largest absolute Gasteiger partial charge is 0.355 e. The summed E-state index contributed by atoms with van der Waals surface area (Å²) >= 11 is 1.55. The first-order chi connectivity index (χ1) is 11.6. The van der Waals surface area contributed by atoms with E-state index in [0.29, 0.717) is 22.8 Å². The van der Waals surface area contributed by atoms with E-state index in [1.54, 1.807) is 41.7 Å². The number of anilines is 2. The number of aromatic nitrogens is 1. The molecule has 3 rings (SSSR count). The minimum atomic E-state index is -0.207. The lowest BCUT2D eigenvalue weighted by Crippen LogP contribution is -2.15. The average molecular weight is 341 g/mol.